The zero-order valence-corrected chi connectivity index (χ0v) is 19.8. The highest BCUT2D eigenvalue weighted by molar-refractivity contribution is 14.0. The third kappa shape index (κ3) is 6.83. The van der Waals surface area contributed by atoms with E-state index in [4.69, 9.17) is 9.73 Å². The summed E-state index contributed by atoms with van der Waals surface area (Å²) in [5, 5.41) is 11.4. The average molecular weight is 513 g/mol. The fourth-order valence-electron chi connectivity index (χ4n) is 3.11. The second kappa shape index (κ2) is 11.9. The van der Waals surface area contributed by atoms with Crippen molar-refractivity contribution in [2.75, 3.05) is 13.2 Å². The van der Waals surface area contributed by atoms with Crippen LogP contribution in [0.4, 0.5) is 0 Å². The summed E-state index contributed by atoms with van der Waals surface area (Å²) in [4.78, 5) is 13.6. The number of guanidine groups is 1. The quantitative estimate of drug-likeness (QED) is 0.321. The van der Waals surface area contributed by atoms with Gasteiger partial charge in [-0.2, -0.15) is 5.10 Å². The van der Waals surface area contributed by atoms with Crippen LogP contribution in [0.2, 0.25) is 0 Å². The summed E-state index contributed by atoms with van der Waals surface area (Å²) >= 11 is 0. The van der Waals surface area contributed by atoms with Crippen molar-refractivity contribution < 1.29 is 4.74 Å². The number of aliphatic imine (C=N–C) groups is 1. The van der Waals surface area contributed by atoms with Gasteiger partial charge in [0.1, 0.15) is 5.82 Å². The molecule has 2 N–H and O–H groups in total. The summed E-state index contributed by atoms with van der Waals surface area (Å²) < 4.78 is 7.56. The van der Waals surface area contributed by atoms with Crippen molar-refractivity contribution in [3.05, 3.63) is 35.5 Å². The van der Waals surface area contributed by atoms with Crippen molar-refractivity contribution in [3.63, 3.8) is 0 Å². The number of hydrogen-bond donors (Lipinski definition) is 2. The summed E-state index contributed by atoms with van der Waals surface area (Å²) in [5.74, 6) is 3.50. The van der Waals surface area contributed by atoms with E-state index in [0.717, 1.165) is 61.9 Å². The number of ether oxygens (including phenoxy) is 1. The van der Waals surface area contributed by atoms with E-state index < -0.39 is 0 Å². The molecule has 1 unspecified atom stereocenters. The molecule has 160 valence electrons. The van der Waals surface area contributed by atoms with Crippen molar-refractivity contribution in [2.24, 2.45) is 4.99 Å². The van der Waals surface area contributed by atoms with Gasteiger partial charge >= 0.3 is 0 Å². The molecule has 29 heavy (non-hydrogen) atoms. The molecule has 1 aliphatic heterocycles. The first-order valence-electron chi connectivity index (χ1n) is 10.3. The lowest BCUT2D eigenvalue weighted by atomic mass is 10.1. The molecule has 0 bridgehead atoms. The van der Waals surface area contributed by atoms with Crippen molar-refractivity contribution in [3.8, 4) is 5.88 Å². The summed E-state index contributed by atoms with van der Waals surface area (Å²) in [6.07, 6.45) is 5.64. The highest BCUT2D eigenvalue weighted by atomic mass is 127. The highest BCUT2D eigenvalue weighted by Gasteiger charge is 2.22. The SMILES string of the molecule is CCCOc1ccc(CN=C(NCC)NC2CCc3nc(CC)nn3C2)cn1.I. The maximum atomic E-state index is 5.53. The predicted molar refractivity (Wildman–Crippen MR) is 125 cm³/mol. The predicted octanol–water partition coefficient (Wildman–Crippen LogP) is 2.71. The van der Waals surface area contributed by atoms with E-state index in [0.29, 0.717) is 25.1 Å². The number of aromatic nitrogens is 4. The molecule has 1 aliphatic rings. The molecule has 0 saturated carbocycles. The van der Waals surface area contributed by atoms with Gasteiger partial charge < -0.3 is 15.4 Å². The Morgan fingerprint density at radius 2 is 2.17 bits per heavy atom. The average Bonchev–Trinajstić information content (AvgIpc) is 3.14. The van der Waals surface area contributed by atoms with Gasteiger partial charge in [0.2, 0.25) is 5.88 Å². The van der Waals surface area contributed by atoms with Gasteiger partial charge in [-0.1, -0.05) is 19.9 Å². The minimum Gasteiger partial charge on any atom is -0.478 e. The second-order valence-corrected chi connectivity index (χ2v) is 6.91. The van der Waals surface area contributed by atoms with Gasteiger partial charge in [0.25, 0.3) is 0 Å². The summed E-state index contributed by atoms with van der Waals surface area (Å²) in [7, 11) is 0. The molecule has 0 aromatic carbocycles. The van der Waals surface area contributed by atoms with Crippen LogP contribution in [0.5, 0.6) is 5.88 Å². The Morgan fingerprint density at radius 3 is 2.86 bits per heavy atom. The minimum atomic E-state index is 0. The molecule has 0 saturated heterocycles. The fourth-order valence-corrected chi connectivity index (χ4v) is 3.11. The van der Waals surface area contributed by atoms with Crippen LogP contribution in [-0.2, 0) is 25.9 Å². The number of hydrogen-bond acceptors (Lipinski definition) is 5. The number of nitrogens with zero attached hydrogens (tertiary/aromatic N) is 5. The maximum Gasteiger partial charge on any atom is 0.213 e. The normalized spacial score (nSPS) is 16.0. The van der Waals surface area contributed by atoms with Crippen LogP contribution in [0.15, 0.2) is 23.3 Å². The molecule has 0 amide bonds. The number of aryl methyl sites for hydroxylation is 2. The van der Waals surface area contributed by atoms with Crippen LogP contribution in [0, 0.1) is 0 Å². The number of pyridine rings is 1. The van der Waals surface area contributed by atoms with Crippen LogP contribution >= 0.6 is 24.0 Å². The molecular weight excluding hydrogens is 481 g/mol. The molecule has 0 spiro atoms. The fraction of sp³-hybridized carbons (Fsp3) is 0.600. The summed E-state index contributed by atoms with van der Waals surface area (Å²) in [5.41, 5.74) is 1.05. The minimum absolute atomic E-state index is 0. The topological polar surface area (TPSA) is 89.3 Å². The number of halogens is 1. The number of rotatable bonds is 8. The number of fused-ring (bicyclic) bond motifs is 1. The van der Waals surface area contributed by atoms with E-state index in [2.05, 4.69) is 46.5 Å². The molecule has 3 heterocycles. The summed E-state index contributed by atoms with van der Waals surface area (Å²) in [6, 6.07) is 4.21. The van der Waals surface area contributed by atoms with Gasteiger partial charge in [0.05, 0.1) is 19.7 Å². The molecule has 2 aromatic heterocycles. The smallest absolute Gasteiger partial charge is 0.213 e. The number of nitrogens with one attached hydrogen (secondary N) is 2. The van der Waals surface area contributed by atoms with Gasteiger partial charge in [-0.3, -0.25) is 0 Å². The lowest BCUT2D eigenvalue weighted by Gasteiger charge is -2.25. The molecule has 2 aromatic rings. The third-order valence-corrected chi connectivity index (χ3v) is 4.57. The monoisotopic (exact) mass is 513 g/mol. The van der Waals surface area contributed by atoms with Gasteiger partial charge in [-0.25, -0.2) is 19.6 Å². The summed E-state index contributed by atoms with van der Waals surface area (Å²) in [6.45, 7) is 9.13. The molecule has 9 heteroatoms. The maximum absolute atomic E-state index is 5.53. The van der Waals surface area contributed by atoms with Gasteiger partial charge in [0.15, 0.2) is 11.8 Å². The Hall–Kier alpha value is -1.91. The van der Waals surface area contributed by atoms with Crippen molar-refractivity contribution in [1.29, 1.82) is 0 Å². The van der Waals surface area contributed by atoms with Crippen LogP contribution < -0.4 is 15.4 Å². The third-order valence-electron chi connectivity index (χ3n) is 4.57. The Morgan fingerprint density at radius 1 is 1.31 bits per heavy atom. The second-order valence-electron chi connectivity index (χ2n) is 6.91. The Balaban J connectivity index is 0.00000300. The molecule has 1 atom stereocenters. The van der Waals surface area contributed by atoms with Crippen LogP contribution in [0.1, 0.15) is 50.8 Å². The lowest BCUT2D eigenvalue weighted by Crippen LogP contribution is -2.47. The Kier molecular flexibility index (Phi) is 9.62. The van der Waals surface area contributed by atoms with Crippen LogP contribution in [0.3, 0.4) is 0 Å². The first kappa shape index (κ1) is 23.4. The molecular formula is C20H32IN7O. The largest absolute Gasteiger partial charge is 0.478 e. The van der Waals surface area contributed by atoms with Crippen molar-refractivity contribution in [1.82, 2.24) is 30.4 Å². The molecule has 0 fully saturated rings. The van der Waals surface area contributed by atoms with E-state index in [9.17, 15) is 0 Å². The van der Waals surface area contributed by atoms with Gasteiger partial charge in [-0.05, 0) is 25.3 Å². The van der Waals surface area contributed by atoms with Gasteiger partial charge in [-0.15, -0.1) is 24.0 Å². The zero-order valence-electron chi connectivity index (χ0n) is 17.5. The van der Waals surface area contributed by atoms with E-state index in [-0.39, 0.29) is 24.0 Å². The van der Waals surface area contributed by atoms with E-state index >= 15 is 0 Å². The van der Waals surface area contributed by atoms with Crippen LogP contribution in [-0.4, -0.2) is 44.9 Å². The van der Waals surface area contributed by atoms with Crippen molar-refractivity contribution >= 4 is 29.9 Å². The van der Waals surface area contributed by atoms with Crippen LogP contribution in [0.25, 0.3) is 0 Å². The van der Waals surface area contributed by atoms with Gasteiger partial charge in [0, 0.05) is 37.7 Å². The Bertz CT molecular complexity index is 776. The van der Waals surface area contributed by atoms with E-state index in [1.807, 2.05) is 23.0 Å². The molecule has 3 rings (SSSR count). The highest BCUT2D eigenvalue weighted by Crippen LogP contribution is 2.13. The zero-order chi connectivity index (χ0) is 19.8. The van der Waals surface area contributed by atoms with Crippen molar-refractivity contribution in [2.45, 2.75) is 65.6 Å². The molecule has 0 aliphatic carbocycles. The first-order valence-corrected chi connectivity index (χ1v) is 10.3. The van der Waals surface area contributed by atoms with E-state index in [1.54, 1.807) is 0 Å². The standard InChI is InChI=1S/C20H31N7O.HI/c1-4-11-28-19-10-7-15(12-22-19)13-23-20(21-6-3)24-16-8-9-18-25-17(5-2)26-27(18)14-16;/h7,10,12,16H,4-6,8-9,11,13-14H2,1-3H3,(H2,21,23,24);1H. The molecule has 0 radical (unpaired) electrons. The van der Waals surface area contributed by atoms with E-state index in [1.165, 1.54) is 0 Å². The Labute approximate surface area is 190 Å². The molecule has 8 nitrogen and oxygen atoms in total. The lowest BCUT2D eigenvalue weighted by molar-refractivity contribution is 0.305. The first-order chi connectivity index (χ1) is 13.7.